The lowest BCUT2D eigenvalue weighted by Crippen LogP contribution is -1.99. The fourth-order valence-electron chi connectivity index (χ4n) is 2.08. The van der Waals surface area contributed by atoms with E-state index in [1.807, 2.05) is 30.3 Å². The molecule has 1 aromatic carbocycles. The summed E-state index contributed by atoms with van der Waals surface area (Å²) in [5.41, 5.74) is 1.72. The molecule has 0 spiro atoms. The minimum atomic E-state index is -0.0895. The largest absolute Gasteiger partial charge is 0.462 e. The fourth-order valence-corrected chi connectivity index (χ4v) is 2.29. The number of aliphatic hydroxyl groups excluding tert-OH is 1. The molecule has 3 aromatic rings. The zero-order valence-electron chi connectivity index (χ0n) is 10.6. The van der Waals surface area contributed by atoms with Gasteiger partial charge in [0.05, 0.1) is 17.1 Å². The molecule has 2 aromatic heterocycles. The van der Waals surface area contributed by atoms with Crippen molar-refractivity contribution in [1.82, 2.24) is 4.98 Å². The van der Waals surface area contributed by atoms with Gasteiger partial charge >= 0.3 is 0 Å². The van der Waals surface area contributed by atoms with Crippen LogP contribution in [-0.2, 0) is 13.2 Å². The third-order valence-electron chi connectivity index (χ3n) is 3.05. The minimum absolute atomic E-state index is 0.0895. The number of hydrogen-bond donors (Lipinski definition) is 2. The molecule has 0 aliphatic rings. The Labute approximate surface area is 121 Å². The Kier molecular flexibility index (Phi) is 3.58. The molecule has 0 aliphatic heterocycles. The highest BCUT2D eigenvalue weighted by molar-refractivity contribution is 6.35. The number of aromatic nitrogens is 1. The number of nitrogens with zero attached hydrogens (tertiary/aromatic N) is 1. The number of benzene rings is 1. The minimum Gasteiger partial charge on any atom is -0.462 e. The average molecular weight is 289 g/mol. The maximum absolute atomic E-state index is 8.97. The lowest BCUT2D eigenvalue weighted by Gasteiger charge is -2.09. The molecule has 0 saturated carbocycles. The van der Waals surface area contributed by atoms with Gasteiger partial charge in [-0.1, -0.05) is 11.6 Å². The third kappa shape index (κ3) is 2.48. The van der Waals surface area contributed by atoms with Crippen molar-refractivity contribution < 1.29 is 9.52 Å². The lowest BCUT2D eigenvalue weighted by atomic mass is 10.2. The smallest absolute Gasteiger partial charge is 0.129 e. The zero-order valence-corrected chi connectivity index (χ0v) is 11.4. The van der Waals surface area contributed by atoms with E-state index in [2.05, 4.69) is 10.3 Å². The summed E-state index contributed by atoms with van der Waals surface area (Å²) in [6.45, 7) is 0.444. The van der Waals surface area contributed by atoms with Crippen molar-refractivity contribution in [1.29, 1.82) is 0 Å². The molecule has 102 valence electrons. The van der Waals surface area contributed by atoms with Crippen LogP contribution in [0.2, 0.25) is 5.02 Å². The molecule has 0 amide bonds. The summed E-state index contributed by atoms with van der Waals surface area (Å²) in [4.78, 5) is 4.29. The van der Waals surface area contributed by atoms with Gasteiger partial charge in [-0.3, -0.25) is 4.98 Å². The van der Waals surface area contributed by atoms with Crippen molar-refractivity contribution in [2.24, 2.45) is 0 Å². The quantitative estimate of drug-likeness (QED) is 0.770. The first-order valence-corrected chi connectivity index (χ1v) is 6.61. The van der Waals surface area contributed by atoms with E-state index in [9.17, 15) is 0 Å². The van der Waals surface area contributed by atoms with E-state index in [4.69, 9.17) is 21.1 Å². The van der Waals surface area contributed by atoms with E-state index in [1.165, 1.54) is 0 Å². The van der Waals surface area contributed by atoms with Gasteiger partial charge in [0, 0.05) is 17.3 Å². The van der Waals surface area contributed by atoms with E-state index in [0.29, 0.717) is 17.3 Å². The second-order valence-corrected chi connectivity index (χ2v) is 4.78. The molecule has 0 radical (unpaired) electrons. The Bertz CT molecular complexity index is 740. The van der Waals surface area contributed by atoms with Gasteiger partial charge in [-0.05, 0) is 36.4 Å². The third-order valence-corrected chi connectivity index (χ3v) is 3.35. The first-order valence-electron chi connectivity index (χ1n) is 6.23. The van der Waals surface area contributed by atoms with Crippen LogP contribution in [0.3, 0.4) is 0 Å². The SMILES string of the molecule is OCc1ccc(CNc2ccc(Cl)c3ncccc23)o1. The Morgan fingerprint density at radius 3 is 2.80 bits per heavy atom. The highest BCUT2D eigenvalue weighted by atomic mass is 35.5. The summed E-state index contributed by atoms with van der Waals surface area (Å²) in [5.74, 6) is 1.32. The number of fused-ring (bicyclic) bond motifs is 1. The molecule has 0 aliphatic carbocycles. The standard InChI is InChI=1S/C15H13ClN2O2/c16-13-5-6-14(12-2-1-7-17-15(12)13)18-8-10-3-4-11(9-19)20-10/h1-7,18-19H,8-9H2. The topological polar surface area (TPSA) is 58.3 Å². The maximum Gasteiger partial charge on any atom is 0.129 e. The van der Waals surface area contributed by atoms with E-state index in [0.717, 1.165) is 22.4 Å². The van der Waals surface area contributed by atoms with Crippen molar-refractivity contribution >= 4 is 28.2 Å². The second-order valence-electron chi connectivity index (χ2n) is 4.37. The highest BCUT2D eigenvalue weighted by Crippen LogP contribution is 2.28. The second kappa shape index (κ2) is 5.53. The molecule has 0 unspecified atom stereocenters. The summed E-state index contributed by atoms with van der Waals surface area (Å²) >= 11 is 6.13. The number of anilines is 1. The van der Waals surface area contributed by atoms with Crippen LogP contribution < -0.4 is 5.32 Å². The summed E-state index contributed by atoms with van der Waals surface area (Å²) in [6, 6.07) is 11.2. The van der Waals surface area contributed by atoms with Gasteiger partial charge in [0.25, 0.3) is 0 Å². The van der Waals surface area contributed by atoms with Crippen LogP contribution in [0.5, 0.6) is 0 Å². The van der Waals surface area contributed by atoms with Crippen LogP contribution >= 0.6 is 11.6 Å². The number of furan rings is 1. The van der Waals surface area contributed by atoms with Crippen LogP contribution in [0.1, 0.15) is 11.5 Å². The van der Waals surface area contributed by atoms with Crippen LogP contribution in [0.15, 0.2) is 47.0 Å². The lowest BCUT2D eigenvalue weighted by molar-refractivity contribution is 0.244. The molecule has 3 rings (SSSR count). The number of nitrogens with one attached hydrogen (secondary N) is 1. The van der Waals surface area contributed by atoms with Gasteiger partial charge in [-0.2, -0.15) is 0 Å². The van der Waals surface area contributed by atoms with Crippen molar-refractivity contribution in [3.05, 3.63) is 59.1 Å². The normalized spacial score (nSPS) is 10.9. The van der Waals surface area contributed by atoms with Gasteiger partial charge in [0.2, 0.25) is 0 Å². The molecule has 2 N–H and O–H groups in total. The summed E-state index contributed by atoms with van der Waals surface area (Å²) in [5, 5.41) is 13.9. The molecule has 5 heteroatoms. The molecule has 0 saturated heterocycles. The number of hydrogen-bond acceptors (Lipinski definition) is 4. The Morgan fingerprint density at radius 2 is 2.00 bits per heavy atom. The number of pyridine rings is 1. The molecule has 0 atom stereocenters. The molecule has 0 fully saturated rings. The number of aliphatic hydroxyl groups is 1. The number of halogens is 1. The van der Waals surface area contributed by atoms with E-state index >= 15 is 0 Å². The van der Waals surface area contributed by atoms with Gasteiger partial charge in [0.1, 0.15) is 18.1 Å². The van der Waals surface area contributed by atoms with Gasteiger partial charge in [-0.15, -0.1) is 0 Å². The predicted molar refractivity (Wildman–Crippen MR) is 78.7 cm³/mol. The van der Waals surface area contributed by atoms with Gasteiger partial charge in [-0.25, -0.2) is 0 Å². The molecule has 20 heavy (non-hydrogen) atoms. The van der Waals surface area contributed by atoms with E-state index < -0.39 is 0 Å². The fraction of sp³-hybridized carbons (Fsp3) is 0.133. The van der Waals surface area contributed by atoms with Crippen LogP contribution in [0.4, 0.5) is 5.69 Å². The van der Waals surface area contributed by atoms with E-state index in [1.54, 1.807) is 12.3 Å². The monoisotopic (exact) mass is 288 g/mol. The Hall–Kier alpha value is -2.04. The van der Waals surface area contributed by atoms with Crippen molar-refractivity contribution in [2.75, 3.05) is 5.32 Å². The van der Waals surface area contributed by atoms with Crippen LogP contribution in [-0.4, -0.2) is 10.1 Å². The van der Waals surface area contributed by atoms with E-state index in [-0.39, 0.29) is 6.61 Å². The van der Waals surface area contributed by atoms with Gasteiger partial charge in [0.15, 0.2) is 0 Å². The first kappa shape index (κ1) is 13.0. The van der Waals surface area contributed by atoms with Crippen LogP contribution in [0, 0.1) is 0 Å². The van der Waals surface area contributed by atoms with Gasteiger partial charge < -0.3 is 14.8 Å². The summed E-state index contributed by atoms with van der Waals surface area (Å²) in [7, 11) is 0. The van der Waals surface area contributed by atoms with Crippen LogP contribution in [0.25, 0.3) is 10.9 Å². The molecular weight excluding hydrogens is 276 g/mol. The predicted octanol–water partition coefficient (Wildman–Crippen LogP) is 3.59. The zero-order chi connectivity index (χ0) is 13.9. The summed E-state index contributed by atoms with van der Waals surface area (Å²) in [6.07, 6.45) is 1.72. The Morgan fingerprint density at radius 1 is 1.15 bits per heavy atom. The molecule has 4 nitrogen and oxygen atoms in total. The molecule has 0 bridgehead atoms. The number of rotatable bonds is 4. The Balaban J connectivity index is 1.86. The highest BCUT2D eigenvalue weighted by Gasteiger charge is 2.06. The first-order chi connectivity index (χ1) is 9.78. The molecular formula is C15H13ClN2O2. The van der Waals surface area contributed by atoms with Crippen molar-refractivity contribution in [3.63, 3.8) is 0 Å². The average Bonchev–Trinajstić information content (AvgIpc) is 2.95. The maximum atomic E-state index is 8.97. The molecule has 2 heterocycles. The van der Waals surface area contributed by atoms with Crippen molar-refractivity contribution in [2.45, 2.75) is 13.2 Å². The van der Waals surface area contributed by atoms with Crippen molar-refractivity contribution in [3.8, 4) is 0 Å². The summed E-state index contributed by atoms with van der Waals surface area (Å²) < 4.78 is 5.44.